The molecule has 0 amide bonds. The summed E-state index contributed by atoms with van der Waals surface area (Å²) in [5.41, 5.74) is 2.50. The van der Waals surface area contributed by atoms with Crippen molar-refractivity contribution in [2.75, 3.05) is 0 Å². The summed E-state index contributed by atoms with van der Waals surface area (Å²) in [6.45, 7) is 7.08. The molecule has 1 N–H and O–H groups in total. The fourth-order valence-corrected chi connectivity index (χ4v) is 2.84. The number of halogens is 1. The van der Waals surface area contributed by atoms with Crippen molar-refractivity contribution in [1.82, 2.24) is 5.32 Å². The van der Waals surface area contributed by atoms with E-state index in [0.29, 0.717) is 0 Å². The van der Waals surface area contributed by atoms with Crippen molar-refractivity contribution in [3.63, 3.8) is 0 Å². The summed E-state index contributed by atoms with van der Waals surface area (Å²) >= 11 is 3.60. The van der Waals surface area contributed by atoms with Gasteiger partial charge in [-0.25, -0.2) is 0 Å². The smallest absolute Gasteiger partial charge is 0.120 e. The lowest BCUT2D eigenvalue weighted by molar-refractivity contribution is 0.242. The molecule has 21 heavy (non-hydrogen) atoms. The van der Waals surface area contributed by atoms with Gasteiger partial charge in [0.25, 0.3) is 0 Å². The molecular formula is C18H22BrNO. The van der Waals surface area contributed by atoms with Gasteiger partial charge >= 0.3 is 0 Å². The van der Waals surface area contributed by atoms with Crippen molar-refractivity contribution in [3.8, 4) is 5.75 Å². The lowest BCUT2D eigenvalue weighted by Gasteiger charge is -2.16. The quantitative estimate of drug-likeness (QED) is 0.785. The molecule has 0 aliphatic heterocycles. The van der Waals surface area contributed by atoms with Gasteiger partial charge in [0.05, 0.1) is 6.10 Å². The minimum Gasteiger partial charge on any atom is -0.491 e. The van der Waals surface area contributed by atoms with Crippen LogP contribution >= 0.6 is 15.9 Å². The van der Waals surface area contributed by atoms with Gasteiger partial charge in [-0.15, -0.1) is 0 Å². The van der Waals surface area contributed by atoms with Crippen LogP contribution in [-0.2, 0) is 6.54 Å². The van der Waals surface area contributed by atoms with Crippen molar-refractivity contribution in [2.24, 2.45) is 0 Å². The normalized spacial score (nSPS) is 12.4. The van der Waals surface area contributed by atoms with Gasteiger partial charge in [-0.3, -0.25) is 0 Å². The Bertz CT molecular complexity index is 583. The van der Waals surface area contributed by atoms with Gasteiger partial charge in [0.2, 0.25) is 0 Å². The standard InChI is InChI=1S/C18H22BrNO/c1-13(2)21-16-8-6-7-15(11-16)12-20-14(3)17-9-4-5-10-18(17)19/h4-11,13-14,20H,12H2,1-3H3/t14-/m0/s1. The van der Waals surface area contributed by atoms with Crippen LogP contribution in [0.25, 0.3) is 0 Å². The van der Waals surface area contributed by atoms with Crippen LogP contribution < -0.4 is 10.1 Å². The van der Waals surface area contributed by atoms with Crippen molar-refractivity contribution in [1.29, 1.82) is 0 Å². The second-order valence-corrected chi connectivity index (χ2v) is 6.29. The SMILES string of the molecule is CC(C)Oc1cccc(CN[C@@H](C)c2ccccc2Br)c1. The summed E-state index contributed by atoms with van der Waals surface area (Å²) in [6.07, 6.45) is 0.201. The van der Waals surface area contributed by atoms with E-state index < -0.39 is 0 Å². The van der Waals surface area contributed by atoms with Crippen molar-refractivity contribution in [3.05, 3.63) is 64.1 Å². The van der Waals surface area contributed by atoms with Crippen LogP contribution in [0.5, 0.6) is 5.75 Å². The fraction of sp³-hybridized carbons (Fsp3) is 0.333. The Kier molecular flexibility index (Phi) is 5.83. The van der Waals surface area contributed by atoms with Gasteiger partial charge in [-0.05, 0) is 50.1 Å². The number of hydrogen-bond donors (Lipinski definition) is 1. The van der Waals surface area contributed by atoms with Gasteiger partial charge < -0.3 is 10.1 Å². The van der Waals surface area contributed by atoms with Crippen molar-refractivity contribution in [2.45, 2.75) is 39.5 Å². The molecule has 2 aromatic carbocycles. The van der Waals surface area contributed by atoms with Crippen molar-refractivity contribution >= 4 is 15.9 Å². The average molecular weight is 348 g/mol. The van der Waals surface area contributed by atoms with Crippen LogP contribution in [0, 0.1) is 0 Å². The molecule has 112 valence electrons. The van der Waals surface area contributed by atoms with E-state index >= 15 is 0 Å². The Morgan fingerprint density at radius 1 is 1.05 bits per heavy atom. The number of benzene rings is 2. The van der Waals surface area contributed by atoms with E-state index in [-0.39, 0.29) is 12.1 Å². The first kappa shape index (κ1) is 16.1. The molecule has 0 unspecified atom stereocenters. The summed E-state index contributed by atoms with van der Waals surface area (Å²) in [5, 5.41) is 3.55. The molecule has 0 aliphatic rings. The number of nitrogens with one attached hydrogen (secondary N) is 1. The Balaban J connectivity index is 1.98. The minimum atomic E-state index is 0.201. The third-order valence-corrected chi connectivity index (χ3v) is 3.98. The van der Waals surface area contributed by atoms with Gasteiger partial charge in [-0.2, -0.15) is 0 Å². The van der Waals surface area contributed by atoms with Gasteiger partial charge in [0.1, 0.15) is 5.75 Å². The van der Waals surface area contributed by atoms with Gasteiger partial charge in [0.15, 0.2) is 0 Å². The molecule has 0 bridgehead atoms. The molecule has 0 radical (unpaired) electrons. The maximum Gasteiger partial charge on any atom is 0.120 e. The highest BCUT2D eigenvalue weighted by atomic mass is 79.9. The second-order valence-electron chi connectivity index (χ2n) is 5.44. The molecule has 3 heteroatoms. The first-order chi connectivity index (χ1) is 10.1. The maximum absolute atomic E-state index is 5.73. The zero-order chi connectivity index (χ0) is 15.2. The van der Waals surface area contributed by atoms with E-state index in [2.05, 4.69) is 58.5 Å². The molecule has 0 saturated heterocycles. The van der Waals surface area contributed by atoms with Crippen LogP contribution in [0.4, 0.5) is 0 Å². The van der Waals surface area contributed by atoms with Crippen LogP contribution in [-0.4, -0.2) is 6.10 Å². The molecule has 0 aromatic heterocycles. The summed E-state index contributed by atoms with van der Waals surface area (Å²) in [4.78, 5) is 0. The molecule has 0 saturated carbocycles. The highest BCUT2D eigenvalue weighted by molar-refractivity contribution is 9.10. The number of ether oxygens (including phenoxy) is 1. The minimum absolute atomic E-state index is 0.201. The van der Waals surface area contributed by atoms with Gasteiger partial charge in [-0.1, -0.05) is 46.3 Å². The Morgan fingerprint density at radius 3 is 2.52 bits per heavy atom. The maximum atomic E-state index is 5.73. The molecular weight excluding hydrogens is 326 g/mol. The number of rotatable bonds is 6. The molecule has 0 spiro atoms. The second kappa shape index (κ2) is 7.62. The lowest BCUT2D eigenvalue weighted by Crippen LogP contribution is -2.18. The molecule has 1 atom stereocenters. The lowest BCUT2D eigenvalue weighted by atomic mass is 10.1. The van der Waals surface area contributed by atoms with Crippen LogP contribution in [0.3, 0.4) is 0 Å². The zero-order valence-corrected chi connectivity index (χ0v) is 14.4. The summed E-state index contributed by atoms with van der Waals surface area (Å²) in [7, 11) is 0. The Hall–Kier alpha value is -1.32. The predicted octanol–water partition coefficient (Wildman–Crippen LogP) is 5.09. The topological polar surface area (TPSA) is 21.3 Å². The van der Waals surface area contributed by atoms with Crippen molar-refractivity contribution < 1.29 is 4.74 Å². The highest BCUT2D eigenvalue weighted by Gasteiger charge is 2.08. The molecule has 0 aliphatic carbocycles. The summed E-state index contributed by atoms with van der Waals surface area (Å²) in [6, 6.07) is 16.9. The summed E-state index contributed by atoms with van der Waals surface area (Å²) < 4.78 is 6.87. The molecule has 2 nitrogen and oxygen atoms in total. The van der Waals surface area contributed by atoms with Crippen LogP contribution in [0.2, 0.25) is 0 Å². The third-order valence-electron chi connectivity index (χ3n) is 3.25. The fourth-order valence-electron chi connectivity index (χ4n) is 2.21. The van der Waals surface area contributed by atoms with E-state index in [9.17, 15) is 0 Å². The molecule has 2 rings (SSSR count). The van der Waals surface area contributed by atoms with E-state index in [0.717, 1.165) is 16.8 Å². The monoisotopic (exact) mass is 347 g/mol. The summed E-state index contributed by atoms with van der Waals surface area (Å²) in [5.74, 6) is 0.929. The first-order valence-corrected chi connectivity index (χ1v) is 8.09. The molecule has 0 fully saturated rings. The first-order valence-electron chi connectivity index (χ1n) is 7.29. The van der Waals surface area contributed by atoms with E-state index in [1.54, 1.807) is 0 Å². The van der Waals surface area contributed by atoms with Crippen LogP contribution in [0.15, 0.2) is 53.0 Å². The average Bonchev–Trinajstić information content (AvgIpc) is 2.45. The molecule has 2 aromatic rings. The number of hydrogen-bond acceptors (Lipinski definition) is 2. The molecule has 0 heterocycles. The van der Waals surface area contributed by atoms with E-state index in [4.69, 9.17) is 4.74 Å². The predicted molar refractivity (Wildman–Crippen MR) is 91.6 cm³/mol. The van der Waals surface area contributed by atoms with E-state index in [1.807, 2.05) is 32.0 Å². The zero-order valence-electron chi connectivity index (χ0n) is 12.8. The van der Waals surface area contributed by atoms with Gasteiger partial charge in [0, 0.05) is 17.1 Å². The highest BCUT2D eigenvalue weighted by Crippen LogP contribution is 2.23. The Labute approximate surface area is 135 Å². The third kappa shape index (κ3) is 4.87. The van der Waals surface area contributed by atoms with E-state index in [1.165, 1.54) is 11.1 Å². The largest absolute Gasteiger partial charge is 0.491 e. The van der Waals surface area contributed by atoms with Crippen LogP contribution in [0.1, 0.15) is 37.9 Å². The Morgan fingerprint density at radius 2 is 1.81 bits per heavy atom.